The molecule has 1 fully saturated rings. The first-order valence-corrected chi connectivity index (χ1v) is 7.22. The summed E-state index contributed by atoms with van der Waals surface area (Å²) in [6.45, 7) is 6.53. The van der Waals surface area contributed by atoms with Gasteiger partial charge in [0.15, 0.2) is 0 Å². The van der Waals surface area contributed by atoms with E-state index in [-0.39, 0.29) is 12.1 Å². The van der Waals surface area contributed by atoms with E-state index < -0.39 is 5.60 Å². The number of carbonyl (C=O) groups excluding carboxylic acids is 1. The number of benzene rings is 1. The zero-order chi connectivity index (χ0) is 14.6. The van der Waals surface area contributed by atoms with Crippen LogP contribution in [0.15, 0.2) is 30.3 Å². The molecule has 4 nitrogen and oxygen atoms in total. The number of rotatable bonds is 2. The Morgan fingerprint density at radius 3 is 2.65 bits per heavy atom. The van der Waals surface area contributed by atoms with Crippen LogP contribution in [0.25, 0.3) is 0 Å². The molecule has 1 aromatic carbocycles. The highest BCUT2D eigenvalue weighted by Gasteiger charge is 2.25. The van der Waals surface area contributed by atoms with E-state index in [1.54, 1.807) is 0 Å². The predicted octanol–water partition coefficient (Wildman–Crippen LogP) is 3.00. The summed E-state index contributed by atoms with van der Waals surface area (Å²) < 4.78 is 5.31. The van der Waals surface area contributed by atoms with E-state index in [1.807, 2.05) is 39.0 Å². The van der Waals surface area contributed by atoms with Gasteiger partial charge >= 0.3 is 6.09 Å². The minimum absolute atomic E-state index is 0.163. The van der Waals surface area contributed by atoms with E-state index in [1.165, 1.54) is 5.56 Å². The lowest BCUT2D eigenvalue weighted by molar-refractivity contribution is 0.0490. The van der Waals surface area contributed by atoms with Crippen molar-refractivity contribution < 1.29 is 9.53 Å². The molecule has 2 rings (SSSR count). The number of alkyl carbamates (subject to hydrolysis) is 1. The van der Waals surface area contributed by atoms with Crippen LogP contribution >= 0.6 is 0 Å². The quantitative estimate of drug-likeness (QED) is 0.873. The molecule has 1 amide bonds. The second-order valence-electron chi connectivity index (χ2n) is 6.28. The summed E-state index contributed by atoms with van der Waals surface area (Å²) in [6, 6.07) is 10.8. The van der Waals surface area contributed by atoms with Crippen molar-refractivity contribution in [2.45, 2.75) is 51.3 Å². The minimum Gasteiger partial charge on any atom is -0.444 e. The molecule has 1 aliphatic rings. The molecule has 1 heterocycles. The molecule has 110 valence electrons. The van der Waals surface area contributed by atoms with Gasteiger partial charge in [-0.3, -0.25) is 0 Å². The van der Waals surface area contributed by atoms with Crippen LogP contribution in [0.2, 0.25) is 0 Å². The molecule has 0 bridgehead atoms. The Bertz CT molecular complexity index is 440. The van der Waals surface area contributed by atoms with Crippen LogP contribution in [0.4, 0.5) is 4.79 Å². The maximum atomic E-state index is 11.8. The molecule has 20 heavy (non-hydrogen) atoms. The molecule has 0 saturated carbocycles. The van der Waals surface area contributed by atoms with Crippen molar-refractivity contribution >= 4 is 6.09 Å². The third-order valence-corrected chi connectivity index (χ3v) is 3.33. The van der Waals surface area contributed by atoms with Gasteiger partial charge in [0, 0.05) is 12.1 Å². The first-order valence-electron chi connectivity index (χ1n) is 7.22. The Morgan fingerprint density at radius 2 is 2.00 bits per heavy atom. The second kappa shape index (κ2) is 6.27. The smallest absolute Gasteiger partial charge is 0.407 e. The largest absolute Gasteiger partial charge is 0.444 e. The fourth-order valence-electron chi connectivity index (χ4n) is 2.46. The summed E-state index contributed by atoms with van der Waals surface area (Å²) in [4.78, 5) is 11.8. The van der Waals surface area contributed by atoms with Crippen LogP contribution in [0.5, 0.6) is 0 Å². The molecular formula is C16H24N2O2. The number of ether oxygens (including phenoxy) is 1. The molecular weight excluding hydrogens is 252 g/mol. The van der Waals surface area contributed by atoms with E-state index in [4.69, 9.17) is 4.74 Å². The molecule has 0 aromatic heterocycles. The number of nitrogens with one attached hydrogen (secondary N) is 2. The third kappa shape index (κ3) is 4.53. The van der Waals surface area contributed by atoms with E-state index in [0.717, 1.165) is 19.4 Å². The van der Waals surface area contributed by atoms with Gasteiger partial charge in [0.1, 0.15) is 5.60 Å². The van der Waals surface area contributed by atoms with E-state index in [2.05, 4.69) is 22.8 Å². The lowest BCUT2D eigenvalue weighted by Crippen LogP contribution is -2.45. The Kier molecular flexibility index (Phi) is 4.65. The Morgan fingerprint density at radius 1 is 1.30 bits per heavy atom. The van der Waals surface area contributed by atoms with Gasteiger partial charge in [-0.15, -0.1) is 0 Å². The molecule has 1 aliphatic heterocycles. The Balaban J connectivity index is 1.89. The van der Waals surface area contributed by atoms with Gasteiger partial charge in [-0.1, -0.05) is 30.3 Å². The lowest BCUT2D eigenvalue weighted by Gasteiger charge is -2.31. The van der Waals surface area contributed by atoms with Crippen LogP contribution < -0.4 is 10.6 Å². The van der Waals surface area contributed by atoms with Crippen molar-refractivity contribution in [2.24, 2.45) is 0 Å². The first-order chi connectivity index (χ1) is 9.44. The van der Waals surface area contributed by atoms with Gasteiger partial charge in [-0.2, -0.15) is 0 Å². The van der Waals surface area contributed by atoms with Crippen LogP contribution in [-0.4, -0.2) is 24.3 Å². The zero-order valence-corrected chi connectivity index (χ0v) is 12.5. The summed E-state index contributed by atoms with van der Waals surface area (Å²) in [5.41, 5.74) is 0.818. The lowest BCUT2D eigenvalue weighted by atomic mass is 9.94. The number of amides is 1. The van der Waals surface area contributed by atoms with Gasteiger partial charge in [-0.25, -0.2) is 4.79 Å². The van der Waals surface area contributed by atoms with Crippen molar-refractivity contribution in [1.82, 2.24) is 10.6 Å². The first kappa shape index (κ1) is 14.9. The summed E-state index contributed by atoms with van der Waals surface area (Å²) in [6.07, 6.45) is 1.50. The maximum absolute atomic E-state index is 11.8. The van der Waals surface area contributed by atoms with Crippen LogP contribution in [0.1, 0.15) is 45.2 Å². The molecule has 1 saturated heterocycles. The van der Waals surface area contributed by atoms with E-state index >= 15 is 0 Å². The van der Waals surface area contributed by atoms with Crippen molar-refractivity contribution in [3.63, 3.8) is 0 Å². The molecule has 2 N–H and O–H groups in total. The highest BCUT2D eigenvalue weighted by Crippen LogP contribution is 2.23. The third-order valence-electron chi connectivity index (χ3n) is 3.33. The monoisotopic (exact) mass is 276 g/mol. The van der Waals surface area contributed by atoms with E-state index in [9.17, 15) is 4.79 Å². The predicted molar refractivity (Wildman–Crippen MR) is 79.6 cm³/mol. The summed E-state index contributed by atoms with van der Waals surface area (Å²) >= 11 is 0. The molecule has 1 aromatic rings. The molecule has 2 atom stereocenters. The van der Waals surface area contributed by atoms with Crippen LogP contribution in [0, 0.1) is 0 Å². The van der Waals surface area contributed by atoms with Crippen molar-refractivity contribution in [1.29, 1.82) is 0 Å². The van der Waals surface area contributed by atoms with Crippen LogP contribution in [0.3, 0.4) is 0 Å². The summed E-state index contributed by atoms with van der Waals surface area (Å²) in [5.74, 6) is 0. The van der Waals surface area contributed by atoms with Crippen LogP contribution in [-0.2, 0) is 4.74 Å². The second-order valence-corrected chi connectivity index (χ2v) is 6.28. The van der Waals surface area contributed by atoms with Crippen molar-refractivity contribution in [2.75, 3.05) is 6.54 Å². The van der Waals surface area contributed by atoms with Crippen molar-refractivity contribution in [3.8, 4) is 0 Å². The minimum atomic E-state index is -0.449. The van der Waals surface area contributed by atoms with Gasteiger partial charge in [0.25, 0.3) is 0 Å². The average molecular weight is 276 g/mol. The maximum Gasteiger partial charge on any atom is 0.407 e. The van der Waals surface area contributed by atoms with Crippen molar-refractivity contribution in [3.05, 3.63) is 35.9 Å². The van der Waals surface area contributed by atoms with Gasteiger partial charge in [0.2, 0.25) is 0 Å². The number of carbonyl (C=O) groups is 1. The van der Waals surface area contributed by atoms with Gasteiger partial charge in [0.05, 0.1) is 0 Å². The molecule has 0 aliphatic carbocycles. The van der Waals surface area contributed by atoms with E-state index in [0.29, 0.717) is 6.04 Å². The number of piperidine rings is 1. The highest BCUT2D eigenvalue weighted by atomic mass is 16.6. The topological polar surface area (TPSA) is 50.4 Å². The summed E-state index contributed by atoms with van der Waals surface area (Å²) in [5, 5.41) is 6.47. The number of hydrogen-bond donors (Lipinski definition) is 2. The SMILES string of the molecule is CC(C)(C)OC(=O)N[C@H]1CCN[C@H](c2ccccc2)C1. The zero-order valence-electron chi connectivity index (χ0n) is 12.5. The van der Waals surface area contributed by atoms with Gasteiger partial charge in [-0.05, 0) is 45.7 Å². The fraction of sp³-hybridized carbons (Fsp3) is 0.562. The molecule has 4 heteroatoms. The average Bonchev–Trinajstić information content (AvgIpc) is 2.38. The Labute approximate surface area is 120 Å². The highest BCUT2D eigenvalue weighted by molar-refractivity contribution is 5.68. The molecule has 0 unspecified atom stereocenters. The summed E-state index contributed by atoms with van der Waals surface area (Å²) in [7, 11) is 0. The molecule has 0 spiro atoms. The molecule has 0 radical (unpaired) electrons. The van der Waals surface area contributed by atoms with Gasteiger partial charge < -0.3 is 15.4 Å². The standard InChI is InChI=1S/C16H24N2O2/c1-16(2,3)20-15(19)18-13-9-10-17-14(11-13)12-7-5-4-6-8-12/h4-8,13-14,17H,9-11H2,1-3H3,(H,18,19)/t13-,14-/m0/s1. The number of hydrogen-bond acceptors (Lipinski definition) is 3. The normalized spacial score (nSPS) is 23.1. The fourth-order valence-corrected chi connectivity index (χ4v) is 2.46. The Hall–Kier alpha value is -1.55.